The highest BCUT2D eigenvalue weighted by molar-refractivity contribution is 6.38. The first-order valence-corrected chi connectivity index (χ1v) is 14.6. The summed E-state index contributed by atoms with van der Waals surface area (Å²) < 4.78 is 0. The van der Waals surface area contributed by atoms with Gasteiger partial charge in [0.25, 0.3) is 11.8 Å². The Morgan fingerprint density at radius 1 is 0.927 bits per heavy atom. The molecule has 4 rings (SSSR count). The molecule has 0 radical (unpaired) electrons. The van der Waals surface area contributed by atoms with Crippen LogP contribution in [0.4, 0.5) is 0 Å². The Bertz CT molecular complexity index is 1300. The van der Waals surface area contributed by atoms with Crippen LogP contribution in [0.5, 0.6) is 0 Å². The minimum absolute atomic E-state index is 0.00426. The summed E-state index contributed by atoms with van der Waals surface area (Å²) in [5, 5.41) is 11.9. The summed E-state index contributed by atoms with van der Waals surface area (Å²) in [4.78, 5) is 69.9. The van der Waals surface area contributed by atoms with Gasteiger partial charge in [-0.15, -0.1) is 0 Å². The van der Waals surface area contributed by atoms with E-state index < -0.39 is 47.0 Å². The summed E-state index contributed by atoms with van der Waals surface area (Å²) in [6, 6.07) is 8.74. The van der Waals surface area contributed by atoms with Crippen LogP contribution in [0.3, 0.4) is 0 Å². The van der Waals surface area contributed by atoms with Gasteiger partial charge in [0.1, 0.15) is 11.7 Å². The fourth-order valence-corrected chi connectivity index (χ4v) is 5.63. The minimum Gasteiger partial charge on any atom is -0.356 e. The molecule has 41 heavy (non-hydrogen) atoms. The Balaban J connectivity index is 1.54. The summed E-state index contributed by atoms with van der Waals surface area (Å²) in [6.07, 6.45) is 6.08. The van der Waals surface area contributed by atoms with Crippen molar-refractivity contribution >= 4 is 40.3 Å². The van der Waals surface area contributed by atoms with Crippen LogP contribution in [0, 0.1) is 11.8 Å². The lowest BCUT2D eigenvalue weighted by Crippen LogP contribution is -2.56. The number of nitrogens with one attached hydrogen (secondary N) is 4. The molecule has 10 nitrogen and oxygen atoms in total. The molecule has 2 fully saturated rings. The number of nitrogens with zero attached hydrogens (tertiary/aromatic N) is 1. The number of ketones is 1. The quantitative estimate of drug-likeness (QED) is 0.327. The molecule has 3 atom stereocenters. The van der Waals surface area contributed by atoms with Gasteiger partial charge < -0.3 is 21.3 Å². The number of carbonyl (C=O) groups is 5. The van der Waals surface area contributed by atoms with Gasteiger partial charge in [-0.2, -0.15) is 0 Å². The Kier molecular flexibility index (Phi) is 9.73. The van der Waals surface area contributed by atoms with Crippen molar-refractivity contribution in [1.29, 1.82) is 0 Å². The second-order valence-electron chi connectivity index (χ2n) is 12.3. The fourth-order valence-electron chi connectivity index (χ4n) is 5.63. The largest absolute Gasteiger partial charge is 0.356 e. The molecule has 1 saturated heterocycles. The monoisotopic (exact) mass is 563 g/mol. The molecule has 1 aromatic carbocycles. The normalized spacial score (nSPS) is 19.2. The first-order valence-electron chi connectivity index (χ1n) is 14.6. The van der Waals surface area contributed by atoms with Crippen molar-refractivity contribution in [3.63, 3.8) is 0 Å². The Morgan fingerprint density at radius 2 is 1.66 bits per heavy atom. The third-order valence-electron chi connectivity index (χ3n) is 7.77. The standard InChI is InChI=1S/C31H41N5O5/c1-31(2,3)36-30(41)26(37)24(18-21-15-16-32-27(21)38)34-29(40)25(17-19-9-5-4-6-10-19)35-28(39)23-14-13-20-11-7-8-12-22(20)33-23/h7-8,11-14,19,21,24-25H,4-6,9-10,15-18H2,1-3H3,(H,32,38)(H,34,40)(H,35,39)(H,36,41)/t21-,24-,25-/m0/s1. The number of amides is 4. The predicted octanol–water partition coefficient (Wildman–Crippen LogP) is 2.80. The van der Waals surface area contributed by atoms with Gasteiger partial charge in [0.05, 0.1) is 11.6 Å². The number of hydrogen-bond acceptors (Lipinski definition) is 6. The zero-order valence-corrected chi connectivity index (χ0v) is 24.1. The number of fused-ring (bicyclic) bond motifs is 1. The second-order valence-corrected chi connectivity index (χ2v) is 12.3. The van der Waals surface area contributed by atoms with E-state index in [1.807, 2.05) is 30.3 Å². The van der Waals surface area contributed by atoms with Crippen molar-refractivity contribution in [2.24, 2.45) is 11.8 Å². The van der Waals surface area contributed by atoms with Crippen LogP contribution < -0.4 is 21.3 Å². The summed E-state index contributed by atoms with van der Waals surface area (Å²) in [5.74, 6) is -3.15. The van der Waals surface area contributed by atoms with E-state index in [-0.39, 0.29) is 23.9 Å². The third kappa shape index (κ3) is 8.34. The van der Waals surface area contributed by atoms with Crippen molar-refractivity contribution in [2.75, 3.05) is 6.54 Å². The molecule has 4 N–H and O–H groups in total. The van der Waals surface area contributed by atoms with Gasteiger partial charge in [-0.05, 0) is 58.1 Å². The molecule has 1 aromatic heterocycles. The lowest BCUT2D eigenvalue weighted by molar-refractivity contribution is -0.141. The molecule has 2 heterocycles. The molecular formula is C31H41N5O5. The highest BCUT2D eigenvalue weighted by Crippen LogP contribution is 2.28. The summed E-state index contributed by atoms with van der Waals surface area (Å²) >= 11 is 0. The van der Waals surface area contributed by atoms with Crippen LogP contribution in [0.2, 0.25) is 0 Å². The molecule has 2 aromatic rings. The van der Waals surface area contributed by atoms with E-state index >= 15 is 0 Å². The van der Waals surface area contributed by atoms with Crippen LogP contribution in [-0.2, 0) is 19.2 Å². The molecule has 1 aliphatic carbocycles. The van der Waals surface area contributed by atoms with E-state index in [1.165, 1.54) is 0 Å². The molecule has 220 valence electrons. The first kappa shape index (κ1) is 30.1. The smallest absolute Gasteiger partial charge is 0.290 e. The number of rotatable bonds is 10. The molecule has 1 saturated carbocycles. The summed E-state index contributed by atoms with van der Waals surface area (Å²) in [6.45, 7) is 5.75. The van der Waals surface area contributed by atoms with Gasteiger partial charge in [-0.1, -0.05) is 56.4 Å². The lowest BCUT2D eigenvalue weighted by atomic mass is 9.84. The maximum Gasteiger partial charge on any atom is 0.290 e. The number of carbonyl (C=O) groups excluding carboxylic acids is 5. The van der Waals surface area contributed by atoms with Crippen LogP contribution in [0.25, 0.3) is 10.9 Å². The predicted molar refractivity (Wildman–Crippen MR) is 155 cm³/mol. The highest BCUT2D eigenvalue weighted by atomic mass is 16.2. The van der Waals surface area contributed by atoms with E-state index in [4.69, 9.17) is 0 Å². The van der Waals surface area contributed by atoms with Crippen LogP contribution in [0.1, 0.15) is 82.6 Å². The summed E-state index contributed by atoms with van der Waals surface area (Å²) in [5.41, 5.74) is 0.194. The van der Waals surface area contributed by atoms with Gasteiger partial charge in [0.2, 0.25) is 17.6 Å². The maximum absolute atomic E-state index is 13.7. The van der Waals surface area contributed by atoms with E-state index in [9.17, 15) is 24.0 Å². The molecule has 10 heteroatoms. The highest BCUT2D eigenvalue weighted by Gasteiger charge is 2.37. The Hall–Kier alpha value is -3.82. The fraction of sp³-hybridized carbons (Fsp3) is 0.548. The van der Waals surface area contributed by atoms with Crippen LogP contribution in [0.15, 0.2) is 36.4 Å². The van der Waals surface area contributed by atoms with Crippen LogP contribution >= 0.6 is 0 Å². The number of aromatic nitrogens is 1. The number of Topliss-reactive ketones (excluding diaryl/α,β-unsaturated/α-hetero) is 1. The van der Waals surface area contributed by atoms with Crippen LogP contribution in [-0.4, -0.2) is 58.6 Å². The van der Waals surface area contributed by atoms with Gasteiger partial charge in [0, 0.05) is 23.4 Å². The van der Waals surface area contributed by atoms with Gasteiger partial charge in [0.15, 0.2) is 0 Å². The molecule has 4 amide bonds. The molecule has 2 aliphatic rings. The van der Waals surface area contributed by atoms with Crippen molar-refractivity contribution in [1.82, 2.24) is 26.3 Å². The number of para-hydroxylation sites is 1. The SMILES string of the molecule is CC(C)(C)NC(=O)C(=O)[C@H](C[C@@H]1CCNC1=O)NC(=O)[C@H](CC1CCCCC1)NC(=O)c1ccc2ccccc2n1. The number of benzene rings is 1. The average molecular weight is 564 g/mol. The lowest BCUT2D eigenvalue weighted by Gasteiger charge is -2.28. The maximum atomic E-state index is 13.7. The van der Waals surface area contributed by atoms with E-state index in [0.717, 1.165) is 37.5 Å². The molecule has 0 unspecified atom stereocenters. The average Bonchev–Trinajstić information content (AvgIpc) is 3.35. The Morgan fingerprint density at radius 3 is 2.34 bits per heavy atom. The van der Waals surface area contributed by atoms with Crippen molar-refractivity contribution in [3.8, 4) is 0 Å². The topological polar surface area (TPSA) is 146 Å². The molecule has 1 aliphatic heterocycles. The second kappa shape index (κ2) is 13.2. The van der Waals surface area contributed by atoms with Crippen molar-refractivity contribution < 1.29 is 24.0 Å². The van der Waals surface area contributed by atoms with Crippen molar-refractivity contribution in [3.05, 3.63) is 42.1 Å². The van der Waals surface area contributed by atoms with Gasteiger partial charge >= 0.3 is 0 Å². The molecular weight excluding hydrogens is 522 g/mol. The van der Waals surface area contributed by atoms with Gasteiger partial charge in [-0.25, -0.2) is 4.98 Å². The first-order chi connectivity index (χ1) is 19.5. The third-order valence-corrected chi connectivity index (χ3v) is 7.77. The zero-order valence-electron chi connectivity index (χ0n) is 24.1. The summed E-state index contributed by atoms with van der Waals surface area (Å²) in [7, 11) is 0. The molecule has 0 spiro atoms. The number of hydrogen-bond donors (Lipinski definition) is 4. The zero-order chi connectivity index (χ0) is 29.6. The van der Waals surface area contributed by atoms with E-state index in [1.54, 1.807) is 26.8 Å². The molecule has 0 bridgehead atoms. The number of pyridine rings is 1. The minimum atomic E-state index is -1.21. The van der Waals surface area contributed by atoms with Gasteiger partial charge in [-0.3, -0.25) is 24.0 Å². The van der Waals surface area contributed by atoms with Crippen molar-refractivity contribution in [2.45, 2.75) is 89.8 Å². The van der Waals surface area contributed by atoms with E-state index in [2.05, 4.69) is 26.3 Å². The van der Waals surface area contributed by atoms with E-state index in [0.29, 0.717) is 24.9 Å². The Labute approximate surface area is 240 Å².